The molecule has 3 aliphatic rings. The molecule has 2 bridgehead atoms. The number of nitrogens with zero attached hydrogens (tertiary/aromatic N) is 1. The summed E-state index contributed by atoms with van der Waals surface area (Å²) < 4.78 is 5.51. The number of rotatable bonds is 3. The lowest BCUT2D eigenvalue weighted by Gasteiger charge is -2.48. The smallest absolute Gasteiger partial charge is 0.222 e. The predicted molar refractivity (Wildman–Crippen MR) is 83.7 cm³/mol. The third-order valence-electron chi connectivity index (χ3n) is 4.69. The van der Waals surface area contributed by atoms with Crippen LogP contribution in [0.4, 0.5) is 5.69 Å². The van der Waals surface area contributed by atoms with Gasteiger partial charge in [0.1, 0.15) is 5.75 Å². The number of ether oxygens (including phenoxy) is 1. The van der Waals surface area contributed by atoms with Crippen LogP contribution in [0.3, 0.4) is 0 Å². The fourth-order valence-corrected chi connectivity index (χ4v) is 3.75. The molecule has 1 N–H and O–H groups in total. The topological polar surface area (TPSA) is 41.6 Å². The first-order chi connectivity index (χ1) is 9.99. The Kier molecular flexibility index (Phi) is 3.56. The van der Waals surface area contributed by atoms with E-state index in [2.05, 4.69) is 36.2 Å². The molecular formula is C17H24N2O2. The van der Waals surface area contributed by atoms with Crippen molar-refractivity contribution in [1.82, 2.24) is 5.32 Å². The van der Waals surface area contributed by atoms with E-state index in [0.29, 0.717) is 13.0 Å². The molecule has 0 spiro atoms. The molecule has 2 atom stereocenters. The quantitative estimate of drug-likeness (QED) is 0.929. The van der Waals surface area contributed by atoms with Gasteiger partial charge in [0.2, 0.25) is 5.91 Å². The summed E-state index contributed by atoms with van der Waals surface area (Å²) >= 11 is 0. The molecule has 4 nitrogen and oxygen atoms in total. The average Bonchev–Trinajstić information content (AvgIpc) is 2.64. The molecule has 1 aromatic rings. The van der Waals surface area contributed by atoms with E-state index in [9.17, 15) is 4.79 Å². The summed E-state index contributed by atoms with van der Waals surface area (Å²) in [4.78, 5) is 14.4. The number of fused-ring (bicyclic) bond motifs is 4. The first-order valence-corrected chi connectivity index (χ1v) is 7.78. The lowest BCUT2D eigenvalue weighted by atomic mass is 9.74. The van der Waals surface area contributed by atoms with Crippen molar-refractivity contribution < 1.29 is 9.53 Å². The maximum atomic E-state index is 12.0. The van der Waals surface area contributed by atoms with Gasteiger partial charge in [0, 0.05) is 30.7 Å². The van der Waals surface area contributed by atoms with E-state index in [4.69, 9.17) is 4.74 Å². The van der Waals surface area contributed by atoms with Crippen LogP contribution in [-0.2, 0) is 4.79 Å². The standard InChI is InChI=1S/C17H24N2O2/c1-4-21-14-7-5-13(6-8-14)19-11-12-10-17(2,3)15(19)9-16(20)18-12/h5-8,12,15H,4,9-11H2,1-3H3,(H,18,20). The van der Waals surface area contributed by atoms with Crippen molar-refractivity contribution in [2.24, 2.45) is 5.41 Å². The molecule has 4 rings (SSSR count). The molecule has 1 aromatic carbocycles. The third-order valence-corrected chi connectivity index (χ3v) is 4.69. The van der Waals surface area contributed by atoms with Crippen LogP contribution in [0.1, 0.15) is 33.6 Å². The van der Waals surface area contributed by atoms with Gasteiger partial charge in [-0.05, 0) is 43.0 Å². The van der Waals surface area contributed by atoms with Gasteiger partial charge in [0.15, 0.2) is 0 Å². The molecule has 3 fully saturated rings. The van der Waals surface area contributed by atoms with Crippen molar-refractivity contribution in [3.63, 3.8) is 0 Å². The summed E-state index contributed by atoms with van der Waals surface area (Å²) in [6.07, 6.45) is 1.63. The largest absolute Gasteiger partial charge is 0.494 e. The van der Waals surface area contributed by atoms with E-state index in [-0.39, 0.29) is 23.4 Å². The van der Waals surface area contributed by atoms with Crippen molar-refractivity contribution >= 4 is 11.6 Å². The minimum Gasteiger partial charge on any atom is -0.494 e. The van der Waals surface area contributed by atoms with Crippen molar-refractivity contribution in [2.45, 2.75) is 45.7 Å². The molecule has 0 radical (unpaired) electrons. The molecule has 0 saturated carbocycles. The first-order valence-electron chi connectivity index (χ1n) is 7.78. The maximum absolute atomic E-state index is 12.0. The molecule has 114 valence electrons. The van der Waals surface area contributed by atoms with Crippen molar-refractivity contribution in [3.05, 3.63) is 24.3 Å². The number of nitrogens with one attached hydrogen (secondary N) is 1. The maximum Gasteiger partial charge on any atom is 0.222 e. The highest BCUT2D eigenvalue weighted by Crippen LogP contribution is 2.41. The third kappa shape index (κ3) is 2.71. The van der Waals surface area contributed by atoms with E-state index in [1.54, 1.807) is 0 Å². The van der Waals surface area contributed by atoms with Crippen LogP contribution in [-0.4, -0.2) is 31.1 Å². The highest BCUT2D eigenvalue weighted by atomic mass is 16.5. The van der Waals surface area contributed by atoms with Gasteiger partial charge in [-0.3, -0.25) is 4.79 Å². The monoisotopic (exact) mass is 288 g/mol. The van der Waals surface area contributed by atoms with E-state index in [1.165, 1.54) is 5.69 Å². The summed E-state index contributed by atoms with van der Waals surface area (Å²) in [5.74, 6) is 1.08. The molecule has 21 heavy (non-hydrogen) atoms. The Labute approximate surface area is 126 Å². The zero-order valence-corrected chi connectivity index (χ0v) is 13.1. The van der Waals surface area contributed by atoms with Crippen LogP contribution in [0.25, 0.3) is 0 Å². The van der Waals surface area contributed by atoms with E-state index in [0.717, 1.165) is 18.7 Å². The lowest BCUT2D eigenvalue weighted by Crippen LogP contribution is -2.54. The Morgan fingerprint density at radius 2 is 2.05 bits per heavy atom. The van der Waals surface area contributed by atoms with Gasteiger partial charge in [-0.15, -0.1) is 0 Å². The number of piperidine rings is 1. The Hall–Kier alpha value is -1.71. The van der Waals surface area contributed by atoms with E-state index < -0.39 is 0 Å². The lowest BCUT2D eigenvalue weighted by molar-refractivity contribution is -0.121. The number of carbonyl (C=O) groups is 1. The van der Waals surface area contributed by atoms with Gasteiger partial charge in [-0.1, -0.05) is 13.8 Å². The highest BCUT2D eigenvalue weighted by Gasteiger charge is 2.45. The van der Waals surface area contributed by atoms with E-state index >= 15 is 0 Å². The second-order valence-corrected chi connectivity index (χ2v) is 6.76. The number of anilines is 1. The Balaban J connectivity index is 1.89. The van der Waals surface area contributed by atoms with Gasteiger partial charge in [0.05, 0.1) is 6.61 Å². The highest BCUT2D eigenvalue weighted by molar-refractivity contribution is 5.79. The Morgan fingerprint density at radius 3 is 2.71 bits per heavy atom. The molecule has 0 aromatic heterocycles. The summed E-state index contributed by atoms with van der Waals surface area (Å²) in [6.45, 7) is 8.10. The zero-order chi connectivity index (χ0) is 15.0. The fourth-order valence-electron chi connectivity index (χ4n) is 3.75. The molecule has 2 unspecified atom stereocenters. The van der Waals surface area contributed by atoms with E-state index in [1.807, 2.05) is 19.1 Å². The van der Waals surface area contributed by atoms with Crippen LogP contribution >= 0.6 is 0 Å². The van der Waals surface area contributed by atoms with Crippen LogP contribution < -0.4 is 15.0 Å². The molecular weight excluding hydrogens is 264 g/mol. The second kappa shape index (κ2) is 5.24. The van der Waals surface area contributed by atoms with Gasteiger partial charge >= 0.3 is 0 Å². The minimum atomic E-state index is 0.140. The van der Waals surface area contributed by atoms with Gasteiger partial charge < -0.3 is 15.0 Å². The van der Waals surface area contributed by atoms with Crippen molar-refractivity contribution in [3.8, 4) is 5.75 Å². The van der Waals surface area contributed by atoms with Crippen molar-refractivity contribution in [1.29, 1.82) is 0 Å². The summed E-state index contributed by atoms with van der Waals surface area (Å²) in [6, 6.07) is 8.74. The molecule has 0 aliphatic carbocycles. The number of hydrogen-bond acceptors (Lipinski definition) is 3. The Bertz CT molecular complexity index is 524. The zero-order valence-electron chi connectivity index (χ0n) is 13.1. The number of carbonyl (C=O) groups excluding carboxylic acids is 1. The van der Waals surface area contributed by atoms with Crippen LogP contribution in [0.15, 0.2) is 24.3 Å². The SMILES string of the molecule is CCOc1ccc(N2CC3CC(C)(C)C2CC(=O)N3)cc1. The van der Waals surface area contributed by atoms with Gasteiger partial charge in [-0.2, -0.15) is 0 Å². The minimum absolute atomic E-state index is 0.140. The summed E-state index contributed by atoms with van der Waals surface area (Å²) in [7, 11) is 0. The van der Waals surface area contributed by atoms with Gasteiger partial charge in [-0.25, -0.2) is 0 Å². The number of benzene rings is 1. The molecule has 3 saturated heterocycles. The van der Waals surface area contributed by atoms with Crippen LogP contribution in [0, 0.1) is 5.41 Å². The molecule has 4 heteroatoms. The predicted octanol–water partition coefficient (Wildman–Crippen LogP) is 2.58. The van der Waals surface area contributed by atoms with Crippen molar-refractivity contribution in [2.75, 3.05) is 18.1 Å². The molecule has 3 heterocycles. The Morgan fingerprint density at radius 1 is 1.33 bits per heavy atom. The average molecular weight is 288 g/mol. The summed E-state index contributed by atoms with van der Waals surface area (Å²) in [5, 5.41) is 3.15. The number of amides is 1. The second-order valence-electron chi connectivity index (χ2n) is 6.76. The summed E-state index contributed by atoms with van der Waals surface area (Å²) in [5.41, 5.74) is 1.32. The molecule has 3 aliphatic heterocycles. The van der Waals surface area contributed by atoms with Gasteiger partial charge in [0.25, 0.3) is 0 Å². The first kappa shape index (κ1) is 14.2. The fraction of sp³-hybridized carbons (Fsp3) is 0.588. The number of hydrogen-bond donors (Lipinski definition) is 1. The molecule has 1 amide bonds. The van der Waals surface area contributed by atoms with Crippen LogP contribution in [0.5, 0.6) is 5.75 Å². The normalized spacial score (nSPS) is 27.2. The van der Waals surface area contributed by atoms with Crippen LogP contribution in [0.2, 0.25) is 0 Å².